The highest BCUT2D eigenvalue weighted by molar-refractivity contribution is 5.86. The van der Waals surface area contributed by atoms with Crippen molar-refractivity contribution in [2.75, 3.05) is 55.9 Å². The van der Waals surface area contributed by atoms with Gasteiger partial charge in [0.1, 0.15) is 11.4 Å². The summed E-state index contributed by atoms with van der Waals surface area (Å²) in [5.74, 6) is 0.965. The molecule has 0 atom stereocenters. The van der Waals surface area contributed by atoms with Gasteiger partial charge in [-0.05, 0) is 69.8 Å². The average molecular weight is 648 g/mol. The number of fused-ring (bicyclic) bond motifs is 1. The largest absolute Gasteiger partial charge is 0.494 e. The van der Waals surface area contributed by atoms with Crippen LogP contribution in [0.1, 0.15) is 31.9 Å². The maximum Gasteiger partial charge on any atom is 0.412 e. The summed E-state index contributed by atoms with van der Waals surface area (Å²) in [6.45, 7) is 9.29. The Morgan fingerprint density at radius 3 is 2.42 bits per heavy atom. The summed E-state index contributed by atoms with van der Waals surface area (Å²) in [5, 5.41) is 6.77. The summed E-state index contributed by atoms with van der Waals surface area (Å²) in [7, 11) is 3.77. The van der Waals surface area contributed by atoms with Gasteiger partial charge in [-0.3, -0.25) is 14.7 Å². The molecule has 1 fully saturated rings. The van der Waals surface area contributed by atoms with Crippen molar-refractivity contribution in [3.8, 4) is 11.4 Å². The zero-order valence-corrected chi connectivity index (χ0v) is 28.0. The van der Waals surface area contributed by atoms with Crippen LogP contribution in [0, 0.1) is 0 Å². The number of rotatable bonds is 8. The molecule has 0 aliphatic carbocycles. The Hall–Kier alpha value is -5.42. The number of methoxy groups -OCH3 is 1. The first-order valence-electron chi connectivity index (χ1n) is 16.0. The SMILES string of the molecule is COc1cc(N2CCN(C)CC2)ccc1Nc1ncc2cc(Cc3ccccc3)c(=O)n(-c3cccc(NC(=O)OC(C)(C)C)c3)c2n1. The molecule has 3 aromatic carbocycles. The van der Waals surface area contributed by atoms with Crippen LogP contribution in [0.15, 0.2) is 89.9 Å². The summed E-state index contributed by atoms with van der Waals surface area (Å²) in [4.78, 5) is 40.9. The first kappa shape index (κ1) is 32.5. The van der Waals surface area contributed by atoms with Crippen molar-refractivity contribution in [1.82, 2.24) is 19.4 Å². The molecule has 0 spiro atoms. The molecule has 5 aromatic rings. The molecule has 248 valence electrons. The van der Waals surface area contributed by atoms with Gasteiger partial charge in [0.25, 0.3) is 5.56 Å². The molecule has 0 saturated carbocycles. The number of amides is 1. The number of pyridine rings is 1. The van der Waals surface area contributed by atoms with Crippen molar-refractivity contribution in [3.05, 3.63) is 107 Å². The van der Waals surface area contributed by atoms with Crippen LogP contribution >= 0.6 is 0 Å². The van der Waals surface area contributed by atoms with Gasteiger partial charge in [0.05, 0.1) is 18.5 Å². The lowest BCUT2D eigenvalue weighted by molar-refractivity contribution is 0.0636. The van der Waals surface area contributed by atoms with Gasteiger partial charge >= 0.3 is 6.09 Å². The number of carbonyl (C=O) groups excluding carboxylic acids is 1. The Kier molecular flexibility index (Phi) is 9.31. The lowest BCUT2D eigenvalue weighted by Crippen LogP contribution is -2.44. The van der Waals surface area contributed by atoms with Gasteiger partial charge in [0.15, 0.2) is 5.65 Å². The van der Waals surface area contributed by atoms with Crippen LogP contribution in [-0.2, 0) is 11.2 Å². The molecule has 1 aliphatic rings. The third kappa shape index (κ3) is 7.58. The van der Waals surface area contributed by atoms with Crippen molar-refractivity contribution in [2.45, 2.75) is 32.8 Å². The number of aromatic nitrogens is 3. The Balaban J connectivity index is 1.39. The van der Waals surface area contributed by atoms with Gasteiger partial charge in [0, 0.05) is 67.2 Å². The normalized spacial score (nSPS) is 13.7. The van der Waals surface area contributed by atoms with Crippen molar-refractivity contribution in [1.29, 1.82) is 0 Å². The molecule has 11 nitrogen and oxygen atoms in total. The van der Waals surface area contributed by atoms with E-state index in [9.17, 15) is 9.59 Å². The summed E-state index contributed by atoms with van der Waals surface area (Å²) in [6.07, 6.45) is 1.56. The molecule has 0 radical (unpaired) electrons. The first-order valence-corrected chi connectivity index (χ1v) is 16.0. The van der Waals surface area contributed by atoms with Crippen LogP contribution in [0.4, 0.5) is 27.8 Å². The van der Waals surface area contributed by atoms with E-state index in [2.05, 4.69) is 38.5 Å². The first-order chi connectivity index (χ1) is 23.1. The number of carbonyl (C=O) groups is 1. The third-order valence-corrected chi connectivity index (χ3v) is 8.10. The zero-order valence-electron chi connectivity index (χ0n) is 28.0. The predicted molar refractivity (Wildman–Crippen MR) is 190 cm³/mol. The second kappa shape index (κ2) is 13.7. The van der Waals surface area contributed by atoms with E-state index in [1.807, 2.05) is 54.6 Å². The maximum atomic E-state index is 14.2. The molecular formula is C37H41N7O4. The lowest BCUT2D eigenvalue weighted by atomic mass is 10.1. The van der Waals surface area contributed by atoms with Gasteiger partial charge in [-0.1, -0.05) is 36.4 Å². The quantitative estimate of drug-likeness (QED) is 0.203. The fraction of sp³-hybridized carbons (Fsp3) is 0.297. The van der Waals surface area contributed by atoms with Crippen molar-refractivity contribution >= 4 is 40.1 Å². The second-order valence-electron chi connectivity index (χ2n) is 12.9. The van der Waals surface area contributed by atoms with Gasteiger partial charge in [0.2, 0.25) is 5.95 Å². The summed E-state index contributed by atoms with van der Waals surface area (Å²) in [5.41, 5.74) is 3.93. The summed E-state index contributed by atoms with van der Waals surface area (Å²) < 4.78 is 12.8. The number of anilines is 4. The standard InChI is InChI=1S/C37H41N7O4/c1-37(2,3)48-36(46)39-28-12-9-13-30(22-28)44-33-27(21-26(34(44)45)20-25-10-7-6-8-11-25)24-38-35(41-33)40-31-15-14-29(23-32(31)47-5)43-18-16-42(4)17-19-43/h6-15,21-24H,16-20H2,1-5H3,(H,39,46)(H,38,40,41). The molecule has 1 aliphatic heterocycles. The van der Waals surface area contributed by atoms with E-state index < -0.39 is 11.7 Å². The zero-order chi connectivity index (χ0) is 33.8. The Labute approximate surface area is 280 Å². The number of likely N-dealkylation sites (N-methyl/N-ethyl adjacent to an activating group) is 1. The van der Waals surface area contributed by atoms with E-state index >= 15 is 0 Å². The average Bonchev–Trinajstić information content (AvgIpc) is 3.05. The molecule has 2 N–H and O–H groups in total. The molecule has 6 rings (SSSR count). The minimum Gasteiger partial charge on any atom is -0.494 e. The van der Waals surface area contributed by atoms with Gasteiger partial charge in [-0.15, -0.1) is 0 Å². The number of hydrogen-bond donors (Lipinski definition) is 2. The van der Waals surface area contributed by atoms with E-state index in [1.165, 1.54) is 0 Å². The van der Waals surface area contributed by atoms with Crippen LogP contribution in [0.25, 0.3) is 16.7 Å². The molecule has 3 heterocycles. The maximum absolute atomic E-state index is 14.2. The summed E-state index contributed by atoms with van der Waals surface area (Å²) >= 11 is 0. The van der Waals surface area contributed by atoms with Crippen molar-refractivity contribution < 1.29 is 14.3 Å². The van der Waals surface area contributed by atoms with E-state index in [-0.39, 0.29) is 5.56 Å². The van der Waals surface area contributed by atoms with E-state index in [0.717, 1.165) is 37.4 Å². The van der Waals surface area contributed by atoms with Crippen LogP contribution in [0.3, 0.4) is 0 Å². The number of ether oxygens (including phenoxy) is 2. The number of piperazine rings is 1. The molecular weight excluding hydrogens is 606 g/mol. The lowest BCUT2D eigenvalue weighted by Gasteiger charge is -2.34. The Morgan fingerprint density at radius 2 is 1.69 bits per heavy atom. The highest BCUT2D eigenvalue weighted by Gasteiger charge is 2.19. The fourth-order valence-corrected chi connectivity index (χ4v) is 5.70. The molecule has 2 aromatic heterocycles. The summed E-state index contributed by atoms with van der Waals surface area (Å²) in [6, 6.07) is 24.8. The molecule has 1 saturated heterocycles. The topological polar surface area (TPSA) is 114 Å². The van der Waals surface area contributed by atoms with Crippen LogP contribution in [0.2, 0.25) is 0 Å². The molecule has 48 heavy (non-hydrogen) atoms. The predicted octanol–water partition coefficient (Wildman–Crippen LogP) is 6.22. The third-order valence-electron chi connectivity index (χ3n) is 8.10. The number of nitrogens with one attached hydrogen (secondary N) is 2. The Morgan fingerprint density at radius 1 is 0.917 bits per heavy atom. The van der Waals surface area contributed by atoms with Crippen LogP contribution in [0.5, 0.6) is 5.75 Å². The molecule has 1 amide bonds. The van der Waals surface area contributed by atoms with Gasteiger partial charge in [-0.25, -0.2) is 9.78 Å². The van der Waals surface area contributed by atoms with Crippen LogP contribution < -0.4 is 25.8 Å². The number of nitrogens with zero attached hydrogens (tertiary/aromatic N) is 5. The highest BCUT2D eigenvalue weighted by Crippen LogP contribution is 2.32. The fourth-order valence-electron chi connectivity index (χ4n) is 5.70. The molecule has 11 heteroatoms. The van der Waals surface area contributed by atoms with Gasteiger partial charge < -0.3 is 24.6 Å². The molecule has 0 bridgehead atoms. The van der Waals surface area contributed by atoms with Crippen molar-refractivity contribution in [2.24, 2.45) is 0 Å². The molecule has 0 unspecified atom stereocenters. The number of benzene rings is 3. The second-order valence-corrected chi connectivity index (χ2v) is 12.9. The smallest absolute Gasteiger partial charge is 0.412 e. The monoisotopic (exact) mass is 647 g/mol. The Bertz CT molecular complexity index is 1980. The van der Waals surface area contributed by atoms with E-state index in [0.29, 0.717) is 51.8 Å². The van der Waals surface area contributed by atoms with Gasteiger partial charge in [-0.2, -0.15) is 4.98 Å². The number of hydrogen-bond acceptors (Lipinski definition) is 9. The van der Waals surface area contributed by atoms with Crippen LogP contribution in [-0.4, -0.2) is 71.5 Å². The van der Waals surface area contributed by atoms with E-state index in [4.69, 9.17) is 14.5 Å². The van der Waals surface area contributed by atoms with E-state index in [1.54, 1.807) is 56.8 Å². The highest BCUT2D eigenvalue weighted by atomic mass is 16.6. The van der Waals surface area contributed by atoms with Crippen molar-refractivity contribution in [3.63, 3.8) is 0 Å². The minimum atomic E-state index is -0.658. The minimum absolute atomic E-state index is 0.223.